The summed E-state index contributed by atoms with van der Waals surface area (Å²) in [5.41, 5.74) is 6.01. The third-order valence-electron chi connectivity index (χ3n) is 1.94. The maximum atomic E-state index is 10.4. The van der Waals surface area contributed by atoms with Crippen molar-refractivity contribution in [2.75, 3.05) is 0 Å². The molecule has 1 atom stereocenters. The second kappa shape index (κ2) is 8.56. The molecule has 0 bridgehead atoms. The summed E-state index contributed by atoms with van der Waals surface area (Å²) in [4.78, 5) is 33.3. The van der Waals surface area contributed by atoms with Crippen molar-refractivity contribution in [3.8, 4) is 0 Å². The Labute approximate surface area is 113 Å². The second-order valence-electron chi connectivity index (χ2n) is 3.55. The Kier molecular flexibility index (Phi) is 7.48. The maximum Gasteiger partial charge on any atom is 0.344 e. The van der Waals surface area contributed by atoms with Crippen LogP contribution in [0, 0.1) is 0 Å². The van der Waals surface area contributed by atoms with Gasteiger partial charge in [-0.1, -0.05) is 6.07 Å². The smallest absolute Gasteiger partial charge is 0.344 e. The third-order valence-corrected chi connectivity index (χ3v) is 1.94. The van der Waals surface area contributed by atoms with Crippen LogP contribution >= 0.6 is 0 Å². The van der Waals surface area contributed by atoms with Crippen LogP contribution < -0.4 is 5.73 Å². The van der Waals surface area contributed by atoms with Crippen LogP contribution in [0.4, 0.5) is 0 Å². The first-order valence-electron chi connectivity index (χ1n) is 5.27. The van der Waals surface area contributed by atoms with E-state index in [1.54, 1.807) is 24.4 Å². The van der Waals surface area contributed by atoms with Crippen molar-refractivity contribution in [3.05, 3.63) is 30.1 Å². The van der Waals surface area contributed by atoms with Crippen molar-refractivity contribution in [1.29, 1.82) is 0 Å². The Morgan fingerprint density at radius 2 is 1.65 bits per heavy atom. The number of pyridine rings is 1. The van der Waals surface area contributed by atoms with Crippen LogP contribution in [0.2, 0.25) is 0 Å². The fourth-order valence-electron chi connectivity index (χ4n) is 0.937. The van der Waals surface area contributed by atoms with Gasteiger partial charge < -0.3 is 26.2 Å². The molecule has 20 heavy (non-hydrogen) atoms. The van der Waals surface area contributed by atoms with Gasteiger partial charge >= 0.3 is 17.9 Å². The molecule has 0 saturated heterocycles. The lowest BCUT2D eigenvalue weighted by Gasteiger charge is -2.03. The van der Waals surface area contributed by atoms with Gasteiger partial charge in [-0.15, -0.1) is 0 Å². The molecule has 0 saturated carbocycles. The van der Waals surface area contributed by atoms with E-state index >= 15 is 0 Å². The zero-order chi connectivity index (χ0) is 15.7. The lowest BCUT2D eigenvalue weighted by Crippen LogP contribution is -2.32. The minimum Gasteiger partial charge on any atom is -0.480 e. The van der Waals surface area contributed by atoms with Crippen LogP contribution in [0.25, 0.3) is 0 Å². The summed E-state index contributed by atoms with van der Waals surface area (Å²) >= 11 is 0. The number of aliphatic hydroxyl groups is 1. The van der Waals surface area contributed by atoms with Gasteiger partial charge in [-0.2, -0.15) is 0 Å². The normalized spacial score (nSPS) is 11.2. The topological polar surface area (TPSA) is 171 Å². The summed E-state index contributed by atoms with van der Waals surface area (Å²) < 4.78 is 0. The van der Waals surface area contributed by atoms with E-state index in [4.69, 9.17) is 26.2 Å². The minimum atomic E-state index is -2.30. The highest BCUT2D eigenvalue weighted by atomic mass is 16.4. The van der Waals surface area contributed by atoms with E-state index < -0.39 is 30.1 Å². The van der Waals surface area contributed by atoms with Gasteiger partial charge in [0.1, 0.15) is 6.04 Å². The molecule has 0 radical (unpaired) electrons. The van der Waals surface area contributed by atoms with Crippen LogP contribution in [0.5, 0.6) is 0 Å². The van der Waals surface area contributed by atoms with Gasteiger partial charge in [0, 0.05) is 18.3 Å². The number of rotatable bonds is 5. The molecule has 6 N–H and O–H groups in total. The van der Waals surface area contributed by atoms with Gasteiger partial charge in [0.15, 0.2) is 0 Å². The number of nitrogens with two attached hydrogens (primary N) is 1. The number of hydrogen-bond donors (Lipinski definition) is 5. The monoisotopic (exact) mass is 286 g/mol. The lowest BCUT2D eigenvalue weighted by molar-refractivity contribution is -0.161. The first-order chi connectivity index (χ1) is 9.25. The Morgan fingerprint density at radius 1 is 1.10 bits per heavy atom. The molecule has 0 unspecified atom stereocenters. The van der Waals surface area contributed by atoms with Crippen molar-refractivity contribution in [3.63, 3.8) is 0 Å². The van der Waals surface area contributed by atoms with E-state index in [1.165, 1.54) is 0 Å². The minimum absolute atomic E-state index is 0.274. The van der Waals surface area contributed by atoms with Gasteiger partial charge in [0.2, 0.25) is 6.10 Å². The zero-order valence-electron chi connectivity index (χ0n) is 10.2. The van der Waals surface area contributed by atoms with E-state index in [2.05, 4.69) is 4.98 Å². The Bertz CT molecular complexity index is 449. The largest absolute Gasteiger partial charge is 0.480 e. The number of hydrogen-bond acceptors (Lipinski definition) is 6. The van der Waals surface area contributed by atoms with Crippen molar-refractivity contribution in [1.82, 2.24) is 4.98 Å². The predicted molar refractivity (Wildman–Crippen MR) is 64.8 cm³/mol. The molecule has 0 aliphatic heterocycles. The summed E-state index contributed by atoms with van der Waals surface area (Å²) in [6, 6.07) is 4.47. The zero-order valence-corrected chi connectivity index (χ0v) is 10.2. The summed E-state index contributed by atoms with van der Waals surface area (Å²) in [5.74, 6) is -4.50. The van der Waals surface area contributed by atoms with Crippen molar-refractivity contribution >= 4 is 17.9 Å². The van der Waals surface area contributed by atoms with E-state index in [1.807, 2.05) is 0 Å². The fourth-order valence-corrected chi connectivity index (χ4v) is 0.937. The summed E-state index contributed by atoms with van der Waals surface area (Å²) in [5, 5.41) is 31.9. The van der Waals surface area contributed by atoms with Gasteiger partial charge in [-0.25, -0.2) is 9.59 Å². The molecule has 1 heterocycles. The Hall–Kier alpha value is -2.52. The van der Waals surface area contributed by atoms with Gasteiger partial charge in [-0.05, 0) is 12.1 Å². The molecule has 110 valence electrons. The highest BCUT2D eigenvalue weighted by Gasteiger charge is 2.20. The average molecular weight is 286 g/mol. The highest BCUT2D eigenvalue weighted by molar-refractivity contribution is 5.95. The van der Waals surface area contributed by atoms with Crippen LogP contribution in [-0.4, -0.2) is 55.5 Å². The standard InChI is InChI=1S/C8H10N2O2.C3H4O5/c9-7(8(11)12)5-6-3-1-2-4-10-6;4-1(2(5)6)3(7)8/h1-4,7H,5,9H2,(H,11,12);1,4H,(H,5,6)(H,7,8)/t7-;/m0./s1. The number of nitrogens with zero attached hydrogens (tertiary/aromatic N) is 1. The van der Waals surface area contributed by atoms with Crippen LogP contribution in [0.1, 0.15) is 5.69 Å². The van der Waals surface area contributed by atoms with Crippen molar-refractivity contribution < 1.29 is 34.8 Å². The van der Waals surface area contributed by atoms with E-state index in [9.17, 15) is 14.4 Å². The summed E-state index contributed by atoms with van der Waals surface area (Å²) in [6.07, 6.45) is -0.407. The van der Waals surface area contributed by atoms with Crippen molar-refractivity contribution in [2.24, 2.45) is 5.73 Å². The lowest BCUT2D eigenvalue weighted by atomic mass is 10.1. The number of aliphatic hydroxyl groups excluding tert-OH is 1. The molecular weight excluding hydrogens is 272 g/mol. The predicted octanol–water partition coefficient (Wildman–Crippen LogP) is -1.45. The summed E-state index contributed by atoms with van der Waals surface area (Å²) in [6.45, 7) is 0. The second-order valence-corrected chi connectivity index (χ2v) is 3.55. The maximum absolute atomic E-state index is 10.4. The average Bonchev–Trinajstić information content (AvgIpc) is 2.39. The van der Waals surface area contributed by atoms with Gasteiger partial charge in [0.05, 0.1) is 0 Å². The molecule has 1 rings (SSSR count). The number of aliphatic carboxylic acids is 3. The highest BCUT2D eigenvalue weighted by Crippen LogP contribution is 1.97. The molecule has 0 spiro atoms. The first-order valence-corrected chi connectivity index (χ1v) is 5.27. The molecule has 0 aromatic carbocycles. The molecule has 9 nitrogen and oxygen atoms in total. The quantitative estimate of drug-likeness (QED) is 0.406. The molecule has 9 heteroatoms. The molecular formula is C11H14N2O7. The van der Waals surface area contributed by atoms with E-state index in [-0.39, 0.29) is 6.42 Å². The molecule has 0 aliphatic carbocycles. The van der Waals surface area contributed by atoms with Crippen LogP contribution in [0.3, 0.4) is 0 Å². The first kappa shape index (κ1) is 17.5. The number of carboxylic acids is 3. The van der Waals surface area contributed by atoms with Crippen molar-refractivity contribution in [2.45, 2.75) is 18.6 Å². The van der Waals surface area contributed by atoms with Crippen LogP contribution in [-0.2, 0) is 20.8 Å². The van der Waals surface area contributed by atoms with Gasteiger partial charge in [-0.3, -0.25) is 9.78 Å². The number of aromatic nitrogens is 1. The molecule has 1 aromatic rings. The summed E-state index contributed by atoms with van der Waals surface area (Å²) in [7, 11) is 0. The Morgan fingerprint density at radius 3 is 1.95 bits per heavy atom. The molecule has 0 fully saturated rings. The van der Waals surface area contributed by atoms with Crippen LogP contribution in [0.15, 0.2) is 24.4 Å². The third kappa shape index (κ3) is 7.03. The molecule has 0 amide bonds. The van der Waals surface area contributed by atoms with E-state index in [0.29, 0.717) is 5.69 Å². The fraction of sp³-hybridized carbons (Fsp3) is 0.273. The molecule has 1 aromatic heterocycles. The molecule has 0 aliphatic rings. The Balaban J connectivity index is 0.000000396. The SMILES string of the molecule is N[C@@H](Cc1ccccn1)C(=O)O.O=C(O)C(O)C(=O)O. The number of carboxylic acid groups (broad SMARTS) is 3. The number of carbonyl (C=O) groups is 3. The van der Waals surface area contributed by atoms with E-state index in [0.717, 1.165) is 0 Å². The van der Waals surface area contributed by atoms with Gasteiger partial charge in [0.25, 0.3) is 0 Å².